The summed E-state index contributed by atoms with van der Waals surface area (Å²) in [5.41, 5.74) is 9.88. The Bertz CT molecular complexity index is 3020. The molecule has 4 heterocycles. The second-order valence-electron chi connectivity index (χ2n) is 14.8. The van der Waals surface area contributed by atoms with Crippen LogP contribution in [-0.4, -0.2) is 24.5 Å². The largest absolute Gasteiger partial charge is 0.456 e. The van der Waals surface area contributed by atoms with E-state index in [4.69, 9.17) is 24.4 Å². The monoisotopic (exact) mass is 697 g/mol. The van der Waals surface area contributed by atoms with Crippen LogP contribution in [0.15, 0.2) is 162 Å². The SMILES string of the molecule is CC(C)(C)c1ccc(-c2nc(-c3ccccc3)nc(-c3cccc(-n4c5ccccc5c5ccc(-c6ccc7c(c6)oc6ccccc67)cc54)n3)n2)cc1. The van der Waals surface area contributed by atoms with E-state index in [1.165, 1.54) is 5.56 Å². The van der Waals surface area contributed by atoms with Crippen LogP contribution in [0.2, 0.25) is 0 Å². The molecule has 0 atom stereocenters. The zero-order valence-electron chi connectivity index (χ0n) is 30.2. The Morgan fingerprint density at radius 3 is 1.80 bits per heavy atom. The van der Waals surface area contributed by atoms with Crippen LogP contribution in [0.5, 0.6) is 0 Å². The molecule has 0 radical (unpaired) electrons. The van der Waals surface area contributed by atoms with E-state index in [1.807, 2.05) is 60.7 Å². The maximum atomic E-state index is 6.26. The molecule has 0 bridgehead atoms. The third kappa shape index (κ3) is 5.42. The molecule has 0 aliphatic carbocycles. The number of aromatic nitrogens is 5. The average molecular weight is 698 g/mol. The minimum absolute atomic E-state index is 0.0397. The molecule has 0 aliphatic rings. The number of furan rings is 1. The summed E-state index contributed by atoms with van der Waals surface area (Å²) >= 11 is 0. The summed E-state index contributed by atoms with van der Waals surface area (Å²) in [6.07, 6.45) is 0. The van der Waals surface area contributed by atoms with Gasteiger partial charge in [-0.2, -0.15) is 0 Å². The maximum Gasteiger partial charge on any atom is 0.182 e. The molecule has 0 aliphatic heterocycles. The summed E-state index contributed by atoms with van der Waals surface area (Å²) in [5, 5.41) is 4.55. The molecule has 4 aromatic heterocycles. The van der Waals surface area contributed by atoms with E-state index in [-0.39, 0.29) is 5.41 Å². The van der Waals surface area contributed by atoms with Gasteiger partial charge in [0.25, 0.3) is 0 Å². The van der Waals surface area contributed by atoms with Gasteiger partial charge < -0.3 is 4.42 Å². The first-order valence-corrected chi connectivity index (χ1v) is 18.2. The minimum Gasteiger partial charge on any atom is -0.456 e. The lowest BCUT2D eigenvalue weighted by Gasteiger charge is -2.19. The number of pyridine rings is 1. The van der Waals surface area contributed by atoms with Gasteiger partial charge in [-0.1, -0.05) is 136 Å². The first kappa shape index (κ1) is 31.8. The van der Waals surface area contributed by atoms with E-state index < -0.39 is 0 Å². The lowest BCUT2D eigenvalue weighted by molar-refractivity contribution is 0.590. The van der Waals surface area contributed by atoms with Crippen LogP contribution in [0.1, 0.15) is 26.3 Å². The van der Waals surface area contributed by atoms with Crippen LogP contribution >= 0.6 is 0 Å². The quantitative estimate of drug-likeness (QED) is 0.179. The van der Waals surface area contributed by atoms with Crippen molar-refractivity contribution >= 4 is 43.7 Å². The first-order valence-electron chi connectivity index (χ1n) is 18.2. The van der Waals surface area contributed by atoms with E-state index in [1.54, 1.807) is 0 Å². The topological polar surface area (TPSA) is 69.6 Å². The van der Waals surface area contributed by atoms with Gasteiger partial charge in [0.1, 0.15) is 22.7 Å². The van der Waals surface area contributed by atoms with Crippen LogP contribution in [0, 0.1) is 0 Å². The summed E-state index contributed by atoms with van der Waals surface area (Å²) < 4.78 is 8.50. The highest BCUT2D eigenvalue weighted by molar-refractivity contribution is 6.10. The molecule has 0 spiro atoms. The van der Waals surface area contributed by atoms with E-state index in [0.717, 1.165) is 71.8 Å². The molecule has 10 aromatic rings. The summed E-state index contributed by atoms with van der Waals surface area (Å²) in [5.74, 6) is 2.50. The van der Waals surface area contributed by atoms with Crippen molar-refractivity contribution in [3.05, 3.63) is 163 Å². The molecule has 6 heteroatoms. The van der Waals surface area contributed by atoms with Crippen molar-refractivity contribution in [1.82, 2.24) is 24.5 Å². The van der Waals surface area contributed by atoms with Crippen molar-refractivity contribution in [3.63, 3.8) is 0 Å². The molecule has 258 valence electrons. The molecule has 0 saturated carbocycles. The number of hydrogen-bond donors (Lipinski definition) is 0. The second kappa shape index (κ2) is 12.3. The zero-order chi connectivity index (χ0) is 36.4. The van der Waals surface area contributed by atoms with Gasteiger partial charge in [0.2, 0.25) is 0 Å². The van der Waals surface area contributed by atoms with Crippen molar-refractivity contribution in [2.45, 2.75) is 26.2 Å². The highest BCUT2D eigenvalue weighted by Gasteiger charge is 2.19. The molecular formula is C48H35N5O. The van der Waals surface area contributed by atoms with Gasteiger partial charge in [0, 0.05) is 32.7 Å². The zero-order valence-corrected chi connectivity index (χ0v) is 30.2. The Morgan fingerprint density at radius 1 is 0.426 bits per heavy atom. The maximum absolute atomic E-state index is 6.26. The smallest absolute Gasteiger partial charge is 0.182 e. The van der Waals surface area contributed by atoms with Crippen LogP contribution in [0.25, 0.3) is 95.0 Å². The Hall–Kier alpha value is -6.92. The van der Waals surface area contributed by atoms with Gasteiger partial charge in [0.05, 0.1) is 11.0 Å². The number of benzene rings is 6. The van der Waals surface area contributed by atoms with Crippen LogP contribution in [-0.2, 0) is 5.41 Å². The lowest BCUT2D eigenvalue weighted by Crippen LogP contribution is -2.10. The second-order valence-corrected chi connectivity index (χ2v) is 14.8. The van der Waals surface area contributed by atoms with E-state index in [9.17, 15) is 0 Å². The van der Waals surface area contributed by atoms with Gasteiger partial charge >= 0.3 is 0 Å². The van der Waals surface area contributed by atoms with Gasteiger partial charge in [-0.15, -0.1) is 0 Å². The first-order chi connectivity index (χ1) is 26.4. The molecule has 6 aromatic carbocycles. The fourth-order valence-electron chi connectivity index (χ4n) is 7.43. The third-order valence-electron chi connectivity index (χ3n) is 10.3. The summed E-state index contributed by atoms with van der Waals surface area (Å²) in [7, 11) is 0. The summed E-state index contributed by atoms with van der Waals surface area (Å²) in [6.45, 7) is 6.65. The molecule has 10 rings (SSSR count). The molecule has 0 fully saturated rings. The number of rotatable bonds is 5. The standard InChI is InChI=1S/C48H35N5O/c1-48(2,3)34-24-20-31(21-25-34)46-50-45(30-12-5-4-6-13-30)51-47(52-46)39-16-11-19-44(49-39)53-40-17-9-7-14-35(40)36-26-22-32(28-41(36)53)33-23-27-38-37-15-8-10-18-42(37)54-43(38)29-33/h4-29H,1-3H3. The number of nitrogens with zero attached hydrogens (tertiary/aromatic N) is 5. The number of fused-ring (bicyclic) bond motifs is 6. The normalized spacial score (nSPS) is 12.0. The van der Waals surface area contributed by atoms with Gasteiger partial charge in [-0.25, -0.2) is 19.9 Å². The molecule has 0 N–H and O–H groups in total. The van der Waals surface area contributed by atoms with E-state index in [2.05, 4.69) is 122 Å². The van der Waals surface area contributed by atoms with Crippen molar-refractivity contribution in [3.8, 4) is 51.2 Å². The highest BCUT2D eigenvalue weighted by atomic mass is 16.3. The summed E-state index contributed by atoms with van der Waals surface area (Å²) in [4.78, 5) is 20.2. The Labute approximate surface area is 312 Å². The number of hydrogen-bond acceptors (Lipinski definition) is 5. The predicted octanol–water partition coefficient (Wildman–Crippen LogP) is 12.2. The molecule has 0 amide bonds. The van der Waals surface area contributed by atoms with Crippen molar-refractivity contribution in [1.29, 1.82) is 0 Å². The molecule has 6 nitrogen and oxygen atoms in total. The molecule has 0 saturated heterocycles. The predicted molar refractivity (Wildman–Crippen MR) is 220 cm³/mol. The lowest BCUT2D eigenvalue weighted by atomic mass is 9.87. The van der Waals surface area contributed by atoms with Gasteiger partial charge in [-0.05, 0) is 64.6 Å². The van der Waals surface area contributed by atoms with Crippen molar-refractivity contribution in [2.24, 2.45) is 0 Å². The fourth-order valence-corrected chi connectivity index (χ4v) is 7.43. The van der Waals surface area contributed by atoms with Crippen LogP contribution in [0.3, 0.4) is 0 Å². The summed E-state index contributed by atoms with van der Waals surface area (Å²) in [6, 6.07) is 54.4. The Balaban J connectivity index is 1.12. The fraction of sp³-hybridized carbons (Fsp3) is 0.0833. The molecule has 0 unspecified atom stereocenters. The Morgan fingerprint density at radius 2 is 1.02 bits per heavy atom. The van der Waals surface area contributed by atoms with Crippen molar-refractivity contribution in [2.75, 3.05) is 0 Å². The average Bonchev–Trinajstić information content (AvgIpc) is 3.76. The van der Waals surface area contributed by atoms with Crippen molar-refractivity contribution < 1.29 is 4.42 Å². The van der Waals surface area contributed by atoms with Crippen LogP contribution < -0.4 is 0 Å². The number of para-hydroxylation sites is 2. The van der Waals surface area contributed by atoms with Crippen LogP contribution in [0.4, 0.5) is 0 Å². The van der Waals surface area contributed by atoms with Gasteiger partial charge in [0.15, 0.2) is 17.5 Å². The highest BCUT2D eigenvalue weighted by Crippen LogP contribution is 2.37. The van der Waals surface area contributed by atoms with E-state index >= 15 is 0 Å². The third-order valence-corrected chi connectivity index (χ3v) is 10.3. The molecule has 54 heavy (non-hydrogen) atoms. The Kier molecular flexibility index (Phi) is 7.27. The molecular weight excluding hydrogens is 663 g/mol. The van der Waals surface area contributed by atoms with E-state index in [0.29, 0.717) is 23.2 Å². The van der Waals surface area contributed by atoms with Gasteiger partial charge in [-0.3, -0.25) is 4.57 Å². The minimum atomic E-state index is 0.0397.